The summed E-state index contributed by atoms with van der Waals surface area (Å²) in [4.78, 5) is 6.55. The van der Waals surface area contributed by atoms with Gasteiger partial charge in [0, 0.05) is 13.1 Å². The smallest absolute Gasteiger partial charge is 0.142 e. The Balaban J connectivity index is 2.21. The largest absolute Gasteiger partial charge is 0.356 e. The molecule has 0 spiro atoms. The van der Waals surface area contributed by atoms with E-state index in [0.717, 1.165) is 18.9 Å². The van der Waals surface area contributed by atoms with Gasteiger partial charge in [0.05, 0.1) is 0 Å². The van der Waals surface area contributed by atoms with Crippen molar-refractivity contribution in [3.05, 3.63) is 23.9 Å². The molecular weight excluding hydrogens is 186 g/mol. The summed E-state index contributed by atoms with van der Waals surface area (Å²) in [6.07, 6.45) is 1.19. The Morgan fingerprint density at radius 2 is 2.27 bits per heavy atom. The molecule has 0 unspecified atom stereocenters. The van der Waals surface area contributed by atoms with Gasteiger partial charge < -0.3 is 4.90 Å². The van der Waals surface area contributed by atoms with E-state index in [2.05, 4.69) is 29.8 Å². The molecule has 3 nitrogen and oxygen atoms in total. The van der Waals surface area contributed by atoms with Gasteiger partial charge in [-0.2, -0.15) is 5.26 Å². The van der Waals surface area contributed by atoms with E-state index in [1.807, 2.05) is 12.1 Å². The number of pyridine rings is 1. The minimum absolute atomic E-state index is 0.365. The van der Waals surface area contributed by atoms with Crippen LogP contribution in [0, 0.1) is 16.7 Å². The number of hydrogen-bond acceptors (Lipinski definition) is 3. The molecule has 15 heavy (non-hydrogen) atoms. The van der Waals surface area contributed by atoms with Crippen LogP contribution in [0.3, 0.4) is 0 Å². The summed E-state index contributed by atoms with van der Waals surface area (Å²) in [6.45, 7) is 6.59. The second kappa shape index (κ2) is 3.54. The van der Waals surface area contributed by atoms with Gasteiger partial charge in [-0.3, -0.25) is 0 Å². The van der Waals surface area contributed by atoms with Gasteiger partial charge in [0.25, 0.3) is 0 Å². The van der Waals surface area contributed by atoms with Crippen molar-refractivity contribution < 1.29 is 0 Å². The van der Waals surface area contributed by atoms with Crippen molar-refractivity contribution in [2.45, 2.75) is 20.3 Å². The van der Waals surface area contributed by atoms with Crippen LogP contribution in [-0.2, 0) is 0 Å². The van der Waals surface area contributed by atoms with Crippen LogP contribution in [0.15, 0.2) is 18.2 Å². The van der Waals surface area contributed by atoms with E-state index in [0.29, 0.717) is 11.1 Å². The number of hydrogen-bond donors (Lipinski definition) is 0. The highest BCUT2D eigenvalue weighted by atomic mass is 15.2. The van der Waals surface area contributed by atoms with Crippen molar-refractivity contribution in [1.29, 1.82) is 5.26 Å². The highest BCUT2D eigenvalue weighted by Crippen LogP contribution is 2.31. The van der Waals surface area contributed by atoms with Crippen LogP contribution < -0.4 is 4.90 Å². The molecule has 0 radical (unpaired) electrons. The minimum Gasteiger partial charge on any atom is -0.356 e. The van der Waals surface area contributed by atoms with Crippen molar-refractivity contribution in [2.75, 3.05) is 18.0 Å². The van der Waals surface area contributed by atoms with E-state index in [9.17, 15) is 0 Å². The zero-order chi connectivity index (χ0) is 10.9. The van der Waals surface area contributed by atoms with Crippen LogP contribution in [0.4, 0.5) is 5.82 Å². The summed E-state index contributed by atoms with van der Waals surface area (Å²) in [5.74, 6) is 0.930. The molecule has 0 saturated carbocycles. The molecule has 1 aromatic heterocycles. The van der Waals surface area contributed by atoms with Gasteiger partial charge in [0.2, 0.25) is 0 Å². The average Bonchev–Trinajstić information content (AvgIpc) is 2.59. The lowest BCUT2D eigenvalue weighted by Crippen LogP contribution is -2.23. The highest BCUT2D eigenvalue weighted by Gasteiger charge is 2.29. The maximum absolute atomic E-state index is 8.78. The quantitative estimate of drug-likeness (QED) is 0.699. The van der Waals surface area contributed by atoms with Crippen LogP contribution in [0.5, 0.6) is 0 Å². The van der Waals surface area contributed by atoms with Gasteiger partial charge in [-0.05, 0) is 24.0 Å². The standard InChI is InChI=1S/C12H15N3/c1-12(2)6-7-15(9-12)11-5-3-4-10(8-13)14-11/h3-5H,6-7,9H2,1-2H3. The highest BCUT2D eigenvalue weighted by molar-refractivity contribution is 5.42. The van der Waals surface area contributed by atoms with E-state index >= 15 is 0 Å². The van der Waals surface area contributed by atoms with E-state index in [4.69, 9.17) is 5.26 Å². The van der Waals surface area contributed by atoms with Gasteiger partial charge in [0.15, 0.2) is 0 Å². The molecule has 1 aromatic rings. The van der Waals surface area contributed by atoms with Crippen LogP contribution in [0.25, 0.3) is 0 Å². The molecule has 0 N–H and O–H groups in total. The Labute approximate surface area is 90.4 Å². The fourth-order valence-electron chi connectivity index (χ4n) is 1.97. The SMILES string of the molecule is CC1(C)CCN(c2cccc(C#N)n2)C1. The summed E-state index contributed by atoms with van der Waals surface area (Å²) in [7, 11) is 0. The van der Waals surface area contributed by atoms with Crippen molar-refractivity contribution in [3.8, 4) is 6.07 Å². The van der Waals surface area contributed by atoms with Crippen molar-refractivity contribution in [2.24, 2.45) is 5.41 Å². The summed E-state index contributed by atoms with van der Waals surface area (Å²) in [5, 5.41) is 8.78. The Bertz CT molecular complexity index is 404. The molecule has 2 heterocycles. The second-order valence-corrected chi connectivity index (χ2v) is 4.83. The lowest BCUT2D eigenvalue weighted by Gasteiger charge is -2.20. The Hall–Kier alpha value is -1.56. The van der Waals surface area contributed by atoms with Gasteiger partial charge >= 0.3 is 0 Å². The van der Waals surface area contributed by atoms with Gasteiger partial charge in [-0.15, -0.1) is 0 Å². The average molecular weight is 201 g/mol. The number of aromatic nitrogens is 1. The Kier molecular flexibility index (Phi) is 2.36. The minimum atomic E-state index is 0.365. The maximum atomic E-state index is 8.78. The first-order valence-electron chi connectivity index (χ1n) is 5.23. The number of anilines is 1. The molecule has 0 aliphatic carbocycles. The number of nitrogens with zero attached hydrogens (tertiary/aromatic N) is 3. The zero-order valence-electron chi connectivity index (χ0n) is 9.20. The predicted octanol–water partition coefficient (Wildman–Crippen LogP) is 2.19. The maximum Gasteiger partial charge on any atom is 0.142 e. The molecule has 1 aliphatic rings. The number of rotatable bonds is 1. The van der Waals surface area contributed by atoms with Crippen molar-refractivity contribution in [1.82, 2.24) is 4.98 Å². The van der Waals surface area contributed by atoms with Gasteiger partial charge in [-0.25, -0.2) is 4.98 Å². The fourth-order valence-corrected chi connectivity index (χ4v) is 1.97. The molecule has 78 valence electrons. The van der Waals surface area contributed by atoms with Crippen molar-refractivity contribution >= 4 is 5.82 Å². The first-order valence-corrected chi connectivity index (χ1v) is 5.23. The first kappa shape index (κ1) is 9.97. The van der Waals surface area contributed by atoms with E-state index in [1.54, 1.807) is 6.07 Å². The molecule has 2 rings (SSSR count). The second-order valence-electron chi connectivity index (χ2n) is 4.83. The summed E-state index contributed by atoms with van der Waals surface area (Å²) < 4.78 is 0. The molecule has 3 heteroatoms. The fraction of sp³-hybridized carbons (Fsp3) is 0.500. The van der Waals surface area contributed by atoms with Crippen LogP contribution in [0.1, 0.15) is 26.0 Å². The van der Waals surface area contributed by atoms with Crippen LogP contribution in [0.2, 0.25) is 0 Å². The van der Waals surface area contributed by atoms with E-state index in [1.165, 1.54) is 6.42 Å². The number of nitriles is 1. The molecule has 0 atom stereocenters. The summed E-state index contributed by atoms with van der Waals surface area (Å²) in [5.41, 5.74) is 0.863. The van der Waals surface area contributed by atoms with Crippen molar-refractivity contribution in [3.63, 3.8) is 0 Å². The topological polar surface area (TPSA) is 39.9 Å². The predicted molar refractivity (Wildman–Crippen MR) is 59.6 cm³/mol. The molecule has 1 aliphatic heterocycles. The molecule has 0 bridgehead atoms. The third-order valence-corrected chi connectivity index (χ3v) is 2.85. The monoisotopic (exact) mass is 201 g/mol. The molecular formula is C12H15N3. The molecule has 1 fully saturated rings. The van der Waals surface area contributed by atoms with E-state index < -0.39 is 0 Å². The van der Waals surface area contributed by atoms with Gasteiger partial charge in [-0.1, -0.05) is 19.9 Å². The molecule has 0 aromatic carbocycles. The third-order valence-electron chi connectivity index (χ3n) is 2.85. The van der Waals surface area contributed by atoms with E-state index in [-0.39, 0.29) is 0 Å². The Morgan fingerprint density at radius 3 is 2.87 bits per heavy atom. The van der Waals surface area contributed by atoms with Gasteiger partial charge in [0.1, 0.15) is 17.6 Å². The Morgan fingerprint density at radius 1 is 1.47 bits per heavy atom. The van der Waals surface area contributed by atoms with Crippen LogP contribution in [-0.4, -0.2) is 18.1 Å². The summed E-state index contributed by atoms with van der Waals surface area (Å²) >= 11 is 0. The third kappa shape index (κ3) is 2.10. The lowest BCUT2D eigenvalue weighted by atomic mass is 9.93. The summed E-state index contributed by atoms with van der Waals surface area (Å²) in [6, 6.07) is 7.68. The normalized spacial score (nSPS) is 18.9. The lowest BCUT2D eigenvalue weighted by molar-refractivity contribution is 0.418. The van der Waals surface area contributed by atoms with Crippen LogP contribution >= 0.6 is 0 Å². The zero-order valence-corrected chi connectivity index (χ0v) is 9.20. The molecule has 0 amide bonds. The molecule has 1 saturated heterocycles. The first-order chi connectivity index (χ1) is 7.11.